The van der Waals surface area contributed by atoms with Crippen LogP contribution in [0.1, 0.15) is 19.8 Å². The van der Waals surface area contributed by atoms with E-state index in [1.54, 1.807) is 12.4 Å². The number of rotatable bonds is 4. The van der Waals surface area contributed by atoms with Crippen molar-refractivity contribution in [2.45, 2.75) is 19.8 Å². The molecule has 0 radical (unpaired) electrons. The molecule has 0 saturated carbocycles. The summed E-state index contributed by atoms with van der Waals surface area (Å²) in [7, 11) is 0. The van der Waals surface area contributed by atoms with Gasteiger partial charge in [0.05, 0.1) is 5.69 Å². The van der Waals surface area contributed by atoms with E-state index < -0.39 is 0 Å². The second-order valence-electron chi connectivity index (χ2n) is 5.13. The summed E-state index contributed by atoms with van der Waals surface area (Å²) in [5, 5.41) is 4.52. The largest absolute Gasteiger partial charge is 0.344 e. The number of carbonyl (C=O) groups excluding carboxylic acids is 1. The molecule has 3 aromatic rings. The normalized spacial score (nSPS) is 10.8. The van der Waals surface area contributed by atoms with Crippen LogP contribution in [0.2, 0.25) is 5.02 Å². The number of halogens is 1. The molecule has 2 heterocycles. The minimum Gasteiger partial charge on any atom is -0.344 e. The molecule has 22 heavy (non-hydrogen) atoms. The number of benzene rings is 1. The van der Waals surface area contributed by atoms with Crippen LogP contribution in [0.25, 0.3) is 22.2 Å². The zero-order valence-electron chi connectivity index (χ0n) is 12.2. The van der Waals surface area contributed by atoms with Crippen molar-refractivity contribution >= 4 is 34.2 Å². The van der Waals surface area contributed by atoms with E-state index in [1.807, 2.05) is 37.3 Å². The molecule has 5 heteroatoms. The molecule has 1 aromatic carbocycles. The predicted molar refractivity (Wildman–Crippen MR) is 90.1 cm³/mol. The fraction of sp³-hybridized carbons (Fsp3) is 0.176. The number of amides is 1. The molecule has 0 fully saturated rings. The van der Waals surface area contributed by atoms with Gasteiger partial charge >= 0.3 is 0 Å². The Hall–Kier alpha value is -2.33. The highest BCUT2D eigenvalue weighted by Gasteiger charge is 2.09. The monoisotopic (exact) mass is 313 g/mol. The summed E-state index contributed by atoms with van der Waals surface area (Å²) < 4.78 is 0. The van der Waals surface area contributed by atoms with Gasteiger partial charge in [0.25, 0.3) is 0 Å². The van der Waals surface area contributed by atoms with Crippen molar-refractivity contribution in [3.63, 3.8) is 0 Å². The second-order valence-corrected chi connectivity index (χ2v) is 5.56. The lowest BCUT2D eigenvalue weighted by molar-refractivity contribution is -0.116. The molecular formula is C17H16ClN3O. The summed E-state index contributed by atoms with van der Waals surface area (Å²) in [5.74, 6) is 0.0142. The van der Waals surface area contributed by atoms with Crippen LogP contribution in [0.15, 0.2) is 42.7 Å². The smallest absolute Gasteiger partial charge is 0.224 e. The summed E-state index contributed by atoms with van der Waals surface area (Å²) >= 11 is 5.92. The van der Waals surface area contributed by atoms with Crippen LogP contribution < -0.4 is 5.32 Å². The molecule has 0 aliphatic carbocycles. The van der Waals surface area contributed by atoms with E-state index in [0.29, 0.717) is 11.4 Å². The third-order valence-corrected chi connectivity index (χ3v) is 3.71. The fourth-order valence-electron chi connectivity index (χ4n) is 2.35. The Bertz CT molecular complexity index is 808. The Labute approximate surface area is 133 Å². The number of hydrogen-bond donors (Lipinski definition) is 2. The number of nitrogens with zero attached hydrogens (tertiary/aromatic N) is 1. The third-order valence-electron chi connectivity index (χ3n) is 3.46. The second kappa shape index (κ2) is 6.20. The van der Waals surface area contributed by atoms with Gasteiger partial charge in [0, 0.05) is 34.8 Å². The van der Waals surface area contributed by atoms with Gasteiger partial charge in [0.2, 0.25) is 5.91 Å². The van der Waals surface area contributed by atoms with Crippen molar-refractivity contribution in [3.8, 4) is 11.1 Å². The predicted octanol–water partition coefficient (Wildman–Crippen LogP) is 4.62. The topological polar surface area (TPSA) is 57.8 Å². The van der Waals surface area contributed by atoms with E-state index in [4.69, 9.17) is 11.6 Å². The fourth-order valence-corrected chi connectivity index (χ4v) is 2.47. The van der Waals surface area contributed by atoms with Gasteiger partial charge in [0.15, 0.2) is 0 Å². The molecule has 2 N–H and O–H groups in total. The number of anilines is 1. The number of carbonyl (C=O) groups is 1. The Kier molecular flexibility index (Phi) is 4.11. The molecule has 4 nitrogen and oxygen atoms in total. The first-order valence-corrected chi connectivity index (χ1v) is 7.58. The minimum atomic E-state index is 0.0142. The van der Waals surface area contributed by atoms with E-state index in [9.17, 15) is 4.79 Å². The number of hydrogen-bond acceptors (Lipinski definition) is 2. The Morgan fingerprint density at radius 2 is 2.05 bits per heavy atom. The van der Waals surface area contributed by atoms with Crippen molar-refractivity contribution < 1.29 is 4.79 Å². The molecule has 0 atom stereocenters. The maximum absolute atomic E-state index is 11.8. The lowest BCUT2D eigenvalue weighted by atomic mass is 10.1. The van der Waals surface area contributed by atoms with Crippen LogP contribution in [-0.4, -0.2) is 15.9 Å². The molecule has 0 bridgehead atoms. The highest BCUT2D eigenvalue weighted by Crippen LogP contribution is 2.28. The van der Waals surface area contributed by atoms with E-state index in [0.717, 1.165) is 34.3 Å². The molecule has 3 rings (SSSR count). The van der Waals surface area contributed by atoms with Crippen molar-refractivity contribution in [3.05, 3.63) is 47.7 Å². The van der Waals surface area contributed by atoms with Gasteiger partial charge in [-0.1, -0.05) is 30.7 Å². The number of nitrogens with one attached hydrogen (secondary N) is 2. The molecule has 112 valence electrons. The maximum atomic E-state index is 11.8. The SMILES string of the molecule is CCCC(=O)Nc1c[nH]c2ncc(-c3ccc(Cl)cc3)cc12. The highest BCUT2D eigenvalue weighted by atomic mass is 35.5. The summed E-state index contributed by atoms with van der Waals surface area (Å²) in [6, 6.07) is 9.62. The van der Waals surface area contributed by atoms with E-state index in [1.165, 1.54) is 0 Å². The van der Waals surface area contributed by atoms with Crippen LogP contribution >= 0.6 is 11.6 Å². The number of pyridine rings is 1. The third kappa shape index (κ3) is 2.97. The van der Waals surface area contributed by atoms with Gasteiger partial charge < -0.3 is 10.3 Å². The molecule has 0 unspecified atom stereocenters. The van der Waals surface area contributed by atoms with Gasteiger partial charge in [-0.25, -0.2) is 4.98 Å². The summed E-state index contributed by atoms with van der Waals surface area (Å²) in [6.45, 7) is 1.98. The molecule has 0 aliphatic heterocycles. The van der Waals surface area contributed by atoms with E-state index >= 15 is 0 Å². The van der Waals surface area contributed by atoms with E-state index in [2.05, 4.69) is 15.3 Å². The van der Waals surface area contributed by atoms with Crippen LogP contribution in [-0.2, 0) is 4.79 Å². The minimum absolute atomic E-state index is 0.0142. The molecule has 2 aromatic heterocycles. The number of aromatic nitrogens is 2. The van der Waals surface area contributed by atoms with Crippen molar-refractivity contribution in [1.29, 1.82) is 0 Å². The lowest BCUT2D eigenvalue weighted by Gasteiger charge is -2.04. The first-order valence-electron chi connectivity index (χ1n) is 7.20. The van der Waals surface area contributed by atoms with Crippen LogP contribution in [0.5, 0.6) is 0 Å². The number of H-pyrrole nitrogens is 1. The zero-order valence-corrected chi connectivity index (χ0v) is 12.9. The molecule has 0 saturated heterocycles. The summed E-state index contributed by atoms with van der Waals surface area (Å²) in [5.41, 5.74) is 3.53. The molecule has 0 spiro atoms. The average Bonchev–Trinajstić information content (AvgIpc) is 2.90. The quantitative estimate of drug-likeness (QED) is 0.738. The molecular weight excluding hydrogens is 298 g/mol. The van der Waals surface area contributed by atoms with Gasteiger partial charge in [-0.2, -0.15) is 0 Å². The Balaban J connectivity index is 1.97. The van der Waals surface area contributed by atoms with Gasteiger partial charge in [-0.3, -0.25) is 4.79 Å². The first kappa shape index (κ1) is 14.6. The van der Waals surface area contributed by atoms with Gasteiger partial charge in [0.1, 0.15) is 5.65 Å². The highest BCUT2D eigenvalue weighted by molar-refractivity contribution is 6.30. The average molecular weight is 314 g/mol. The first-order chi connectivity index (χ1) is 10.7. The Morgan fingerprint density at radius 1 is 1.27 bits per heavy atom. The molecule has 1 amide bonds. The van der Waals surface area contributed by atoms with Crippen molar-refractivity contribution in [1.82, 2.24) is 9.97 Å². The van der Waals surface area contributed by atoms with Crippen LogP contribution in [0.3, 0.4) is 0 Å². The van der Waals surface area contributed by atoms with Crippen LogP contribution in [0, 0.1) is 0 Å². The van der Waals surface area contributed by atoms with Crippen molar-refractivity contribution in [2.75, 3.05) is 5.32 Å². The number of fused-ring (bicyclic) bond motifs is 1. The van der Waals surface area contributed by atoms with Crippen molar-refractivity contribution in [2.24, 2.45) is 0 Å². The lowest BCUT2D eigenvalue weighted by Crippen LogP contribution is -2.10. The molecule has 0 aliphatic rings. The standard InChI is InChI=1S/C17H16ClN3O/c1-2-3-16(22)21-15-10-20-17-14(15)8-12(9-19-17)11-4-6-13(18)7-5-11/h4-10H,2-3H2,1H3,(H,19,20)(H,21,22). The number of aromatic amines is 1. The summed E-state index contributed by atoms with van der Waals surface area (Å²) in [6.07, 6.45) is 4.91. The van der Waals surface area contributed by atoms with E-state index in [-0.39, 0.29) is 5.91 Å². The van der Waals surface area contributed by atoms with Gasteiger partial charge in [-0.15, -0.1) is 0 Å². The maximum Gasteiger partial charge on any atom is 0.224 e. The Morgan fingerprint density at radius 3 is 2.77 bits per heavy atom. The van der Waals surface area contributed by atoms with Crippen LogP contribution in [0.4, 0.5) is 5.69 Å². The summed E-state index contributed by atoms with van der Waals surface area (Å²) in [4.78, 5) is 19.3. The van der Waals surface area contributed by atoms with Gasteiger partial charge in [-0.05, 0) is 30.2 Å². The zero-order chi connectivity index (χ0) is 15.5.